The molecular formula is C26H21F3N2O5S. The predicted octanol–water partition coefficient (Wildman–Crippen LogP) is 5.01. The lowest BCUT2D eigenvalue weighted by atomic mass is 10.1. The topological polar surface area (TPSA) is 88.8 Å². The molecule has 1 N–H and O–H groups in total. The van der Waals surface area contributed by atoms with E-state index in [1.54, 1.807) is 18.2 Å². The molecule has 0 fully saturated rings. The van der Waals surface area contributed by atoms with Gasteiger partial charge in [-0.3, -0.25) is 0 Å². The van der Waals surface area contributed by atoms with Crippen molar-refractivity contribution in [2.24, 2.45) is 0 Å². The largest absolute Gasteiger partial charge is 0.490 e. The van der Waals surface area contributed by atoms with Gasteiger partial charge in [0.1, 0.15) is 12.4 Å². The third kappa shape index (κ3) is 4.50. The normalized spacial score (nSPS) is 13.9. The molecule has 192 valence electrons. The van der Waals surface area contributed by atoms with E-state index in [0.29, 0.717) is 30.2 Å². The summed E-state index contributed by atoms with van der Waals surface area (Å²) in [5.41, 5.74) is 0.701. The number of alkyl halides is 3. The second-order valence-electron chi connectivity index (χ2n) is 8.75. The summed E-state index contributed by atoms with van der Waals surface area (Å²) in [6.07, 6.45) is -4.55. The van der Waals surface area contributed by atoms with Gasteiger partial charge in [-0.05, 0) is 60.2 Å². The van der Waals surface area contributed by atoms with E-state index in [1.807, 2.05) is 11.9 Å². The van der Waals surface area contributed by atoms with Gasteiger partial charge in [-0.1, -0.05) is 12.1 Å². The summed E-state index contributed by atoms with van der Waals surface area (Å²) in [4.78, 5) is 13.0. The molecule has 0 spiro atoms. The van der Waals surface area contributed by atoms with Crippen LogP contribution in [-0.4, -0.2) is 43.7 Å². The number of hydrogen-bond acceptors (Lipinski definition) is 5. The highest BCUT2D eigenvalue weighted by atomic mass is 32.2. The van der Waals surface area contributed by atoms with Crippen LogP contribution in [0.3, 0.4) is 0 Å². The Balaban J connectivity index is 1.67. The molecule has 5 rings (SSSR count). The molecule has 7 nitrogen and oxygen atoms in total. The Kier molecular flexibility index (Phi) is 5.90. The van der Waals surface area contributed by atoms with Gasteiger partial charge in [0.15, 0.2) is 0 Å². The third-order valence-electron chi connectivity index (χ3n) is 6.31. The molecule has 0 saturated carbocycles. The molecule has 1 aliphatic heterocycles. The Morgan fingerprint density at radius 1 is 1.03 bits per heavy atom. The lowest BCUT2D eigenvalue weighted by Gasteiger charge is -2.28. The average molecular weight is 531 g/mol. The number of likely N-dealkylation sites (N-methyl/N-ethyl adjacent to an activating group) is 1. The number of rotatable bonds is 5. The minimum absolute atomic E-state index is 0.0385. The molecule has 4 aromatic rings. The first-order valence-electron chi connectivity index (χ1n) is 11.2. The van der Waals surface area contributed by atoms with Gasteiger partial charge in [0.05, 0.1) is 33.8 Å². The van der Waals surface area contributed by atoms with Gasteiger partial charge in [0.25, 0.3) is 10.0 Å². The summed E-state index contributed by atoms with van der Waals surface area (Å²) >= 11 is 0. The minimum Gasteiger partial charge on any atom is -0.490 e. The van der Waals surface area contributed by atoms with Gasteiger partial charge in [0.2, 0.25) is 0 Å². The van der Waals surface area contributed by atoms with Crippen molar-refractivity contribution in [2.75, 3.05) is 25.1 Å². The van der Waals surface area contributed by atoms with Crippen LogP contribution in [0.4, 0.5) is 18.9 Å². The number of aromatic carboxylic acids is 1. The van der Waals surface area contributed by atoms with E-state index >= 15 is 0 Å². The molecular weight excluding hydrogens is 509 g/mol. The highest BCUT2D eigenvalue weighted by Crippen LogP contribution is 2.37. The maximum atomic E-state index is 13.9. The SMILES string of the molecule is CN1CCOc2ccc(S(=O)(=O)n3c(Cc4ccc(C(=O)O)cc4)cc4cc(C(F)(F)F)ccc43)cc21. The number of carbonyl (C=O) groups is 1. The lowest BCUT2D eigenvalue weighted by Crippen LogP contribution is -2.29. The Morgan fingerprint density at radius 2 is 1.76 bits per heavy atom. The zero-order chi connectivity index (χ0) is 26.5. The van der Waals surface area contributed by atoms with Crippen LogP contribution >= 0.6 is 0 Å². The molecule has 1 aliphatic rings. The summed E-state index contributed by atoms with van der Waals surface area (Å²) in [6.45, 7) is 1.03. The van der Waals surface area contributed by atoms with Crippen molar-refractivity contribution in [3.05, 3.63) is 89.1 Å². The summed E-state index contributed by atoms with van der Waals surface area (Å²) < 4.78 is 74.7. The molecule has 0 atom stereocenters. The maximum Gasteiger partial charge on any atom is 0.416 e. The van der Waals surface area contributed by atoms with E-state index in [4.69, 9.17) is 9.84 Å². The molecule has 0 radical (unpaired) electrons. The molecule has 37 heavy (non-hydrogen) atoms. The second-order valence-corrected chi connectivity index (χ2v) is 10.5. The number of nitrogens with zero attached hydrogens (tertiary/aromatic N) is 2. The average Bonchev–Trinajstić information content (AvgIpc) is 3.21. The van der Waals surface area contributed by atoms with Crippen molar-refractivity contribution in [1.82, 2.24) is 3.97 Å². The maximum absolute atomic E-state index is 13.9. The lowest BCUT2D eigenvalue weighted by molar-refractivity contribution is -0.137. The minimum atomic E-state index is -4.59. The zero-order valence-electron chi connectivity index (χ0n) is 19.5. The van der Waals surface area contributed by atoms with Crippen LogP contribution in [-0.2, 0) is 22.6 Å². The molecule has 11 heteroatoms. The van der Waals surface area contributed by atoms with Crippen LogP contribution in [0, 0.1) is 0 Å². The van der Waals surface area contributed by atoms with Gasteiger partial charge in [0, 0.05) is 24.5 Å². The number of halogens is 3. The molecule has 0 aliphatic carbocycles. The summed E-state index contributed by atoms with van der Waals surface area (Å²) in [5.74, 6) is -0.567. The van der Waals surface area contributed by atoms with Crippen LogP contribution in [0.2, 0.25) is 0 Å². The van der Waals surface area contributed by atoms with Crippen molar-refractivity contribution in [3.63, 3.8) is 0 Å². The zero-order valence-corrected chi connectivity index (χ0v) is 20.3. The van der Waals surface area contributed by atoms with Gasteiger partial charge in [-0.25, -0.2) is 17.2 Å². The first kappa shape index (κ1) is 24.7. The molecule has 1 aromatic heterocycles. The number of fused-ring (bicyclic) bond motifs is 2. The number of anilines is 1. The van der Waals surface area contributed by atoms with E-state index in [9.17, 15) is 26.4 Å². The van der Waals surface area contributed by atoms with Gasteiger partial charge in [-0.15, -0.1) is 0 Å². The Morgan fingerprint density at radius 3 is 2.43 bits per heavy atom. The summed E-state index contributed by atoms with van der Waals surface area (Å²) in [7, 11) is -2.43. The Hall–Kier alpha value is -3.99. The monoisotopic (exact) mass is 530 g/mol. The van der Waals surface area contributed by atoms with Crippen LogP contribution in [0.25, 0.3) is 10.9 Å². The molecule has 2 heterocycles. The number of carboxylic acids is 1. The first-order valence-corrected chi connectivity index (χ1v) is 12.7. The van der Waals surface area contributed by atoms with Gasteiger partial charge < -0.3 is 14.7 Å². The van der Waals surface area contributed by atoms with Crippen LogP contribution < -0.4 is 9.64 Å². The van der Waals surface area contributed by atoms with Gasteiger partial charge in [-0.2, -0.15) is 13.2 Å². The van der Waals surface area contributed by atoms with Crippen molar-refractivity contribution < 1.29 is 36.2 Å². The van der Waals surface area contributed by atoms with Crippen LogP contribution in [0.1, 0.15) is 27.2 Å². The fourth-order valence-corrected chi connectivity index (χ4v) is 5.96. The Labute approximate surface area is 210 Å². The molecule has 0 bridgehead atoms. The van der Waals surface area contributed by atoms with Crippen molar-refractivity contribution in [3.8, 4) is 5.75 Å². The summed E-state index contributed by atoms with van der Waals surface area (Å²) in [5, 5.41) is 9.26. The summed E-state index contributed by atoms with van der Waals surface area (Å²) in [6, 6.07) is 14.7. The van der Waals surface area contributed by atoms with E-state index in [0.717, 1.165) is 22.2 Å². The highest BCUT2D eigenvalue weighted by Gasteiger charge is 2.32. The van der Waals surface area contributed by atoms with E-state index in [-0.39, 0.29) is 33.5 Å². The number of ether oxygens (including phenoxy) is 1. The fraction of sp³-hybridized carbons (Fsp3) is 0.192. The fourth-order valence-electron chi connectivity index (χ4n) is 4.40. The number of aromatic nitrogens is 1. The molecule has 0 unspecified atom stereocenters. The number of carboxylic acid groups (broad SMARTS) is 1. The highest BCUT2D eigenvalue weighted by molar-refractivity contribution is 7.90. The van der Waals surface area contributed by atoms with Crippen LogP contribution in [0.5, 0.6) is 5.75 Å². The quantitative estimate of drug-likeness (QED) is 0.390. The smallest absolute Gasteiger partial charge is 0.416 e. The second kappa shape index (κ2) is 8.84. The molecule has 3 aromatic carbocycles. The van der Waals surface area contributed by atoms with Crippen LogP contribution in [0.15, 0.2) is 71.6 Å². The van der Waals surface area contributed by atoms with E-state index in [2.05, 4.69) is 0 Å². The van der Waals surface area contributed by atoms with E-state index in [1.165, 1.54) is 30.3 Å². The Bertz CT molecular complexity index is 1630. The number of benzene rings is 3. The predicted molar refractivity (Wildman–Crippen MR) is 131 cm³/mol. The van der Waals surface area contributed by atoms with E-state index < -0.39 is 27.7 Å². The van der Waals surface area contributed by atoms with Gasteiger partial charge >= 0.3 is 12.1 Å². The standard InChI is InChI=1S/C26H21F3N2O5S/c1-30-10-11-36-24-9-7-21(15-23(24)30)37(34,35)31-20(12-16-2-4-17(5-3-16)25(32)33)14-18-13-19(26(27,28)29)6-8-22(18)31/h2-9,13-15H,10-12H2,1H3,(H,32,33). The molecule has 0 amide bonds. The third-order valence-corrected chi connectivity index (χ3v) is 8.07. The van der Waals surface area contributed by atoms with Crippen molar-refractivity contribution in [2.45, 2.75) is 17.5 Å². The van der Waals surface area contributed by atoms with Crippen molar-refractivity contribution >= 4 is 32.6 Å². The van der Waals surface area contributed by atoms with Crippen molar-refractivity contribution in [1.29, 1.82) is 0 Å². The first-order chi connectivity index (χ1) is 17.4. The molecule has 0 saturated heterocycles. The number of hydrogen-bond donors (Lipinski definition) is 1.